The predicted molar refractivity (Wildman–Crippen MR) is 102 cm³/mol. The van der Waals surface area contributed by atoms with Gasteiger partial charge in [0, 0.05) is 28.7 Å². The smallest absolute Gasteiger partial charge is 0.0648 e. The Morgan fingerprint density at radius 3 is 2.67 bits per heavy atom. The van der Waals surface area contributed by atoms with Crippen molar-refractivity contribution in [2.24, 2.45) is 0 Å². The maximum absolute atomic E-state index is 4.56. The first-order valence-corrected chi connectivity index (χ1v) is 9.38. The summed E-state index contributed by atoms with van der Waals surface area (Å²) in [6, 6.07) is 19.2. The van der Waals surface area contributed by atoms with Crippen LogP contribution >= 0.6 is 11.8 Å². The Bertz CT molecular complexity index is 796. The highest BCUT2D eigenvalue weighted by atomic mass is 32.2. The van der Waals surface area contributed by atoms with Gasteiger partial charge in [-0.3, -0.25) is 0 Å². The Morgan fingerprint density at radius 2 is 1.92 bits per heavy atom. The van der Waals surface area contributed by atoms with E-state index in [0.29, 0.717) is 0 Å². The molecule has 0 radical (unpaired) electrons. The first kappa shape index (κ1) is 16.8. The lowest BCUT2D eigenvalue weighted by Crippen LogP contribution is -2.18. The standard InChI is InChI=1S/C20H23N3S/c1-15(21-13-17-8-7-11-19(12-17)24-3)20-14-22-23(16(20)2)18-9-5-4-6-10-18/h4-12,14-15,21H,13H2,1-3H3/t15-/m0/s1. The highest BCUT2D eigenvalue weighted by Crippen LogP contribution is 2.21. The van der Waals surface area contributed by atoms with E-state index in [4.69, 9.17) is 0 Å². The first-order valence-electron chi connectivity index (χ1n) is 8.15. The monoisotopic (exact) mass is 337 g/mol. The molecule has 0 fully saturated rings. The lowest BCUT2D eigenvalue weighted by molar-refractivity contribution is 0.571. The summed E-state index contributed by atoms with van der Waals surface area (Å²) < 4.78 is 2.00. The van der Waals surface area contributed by atoms with Crippen LogP contribution in [0.15, 0.2) is 65.7 Å². The maximum Gasteiger partial charge on any atom is 0.0648 e. The second kappa shape index (κ2) is 7.69. The molecule has 3 rings (SSSR count). The number of nitrogens with zero attached hydrogens (tertiary/aromatic N) is 2. The number of para-hydroxylation sites is 1. The molecule has 1 N–H and O–H groups in total. The van der Waals surface area contributed by atoms with Crippen LogP contribution in [0, 0.1) is 6.92 Å². The molecule has 0 aliphatic carbocycles. The minimum absolute atomic E-state index is 0.250. The molecule has 0 spiro atoms. The van der Waals surface area contributed by atoms with Crippen LogP contribution in [0.1, 0.15) is 29.8 Å². The van der Waals surface area contributed by atoms with Gasteiger partial charge in [-0.25, -0.2) is 4.68 Å². The number of benzene rings is 2. The zero-order valence-electron chi connectivity index (χ0n) is 14.4. The fourth-order valence-electron chi connectivity index (χ4n) is 2.84. The predicted octanol–water partition coefficient (Wildman–Crippen LogP) is 4.75. The van der Waals surface area contributed by atoms with Crippen molar-refractivity contribution in [3.05, 3.63) is 77.6 Å². The van der Waals surface area contributed by atoms with E-state index in [0.717, 1.165) is 12.2 Å². The Labute approximate surface area is 148 Å². The second-order valence-corrected chi connectivity index (χ2v) is 6.77. The van der Waals surface area contributed by atoms with E-state index in [2.05, 4.69) is 66.9 Å². The van der Waals surface area contributed by atoms with E-state index in [1.54, 1.807) is 11.8 Å². The molecule has 0 saturated heterocycles. The maximum atomic E-state index is 4.56. The molecular weight excluding hydrogens is 314 g/mol. The summed E-state index contributed by atoms with van der Waals surface area (Å²) in [5.41, 5.74) is 4.82. The van der Waals surface area contributed by atoms with Gasteiger partial charge < -0.3 is 5.32 Å². The van der Waals surface area contributed by atoms with E-state index >= 15 is 0 Å². The first-order chi connectivity index (χ1) is 11.7. The Kier molecular flexibility index (Phi) is 5.38. The molecule has 3 nitrogen and oxygen atoms in total. The summed E-state index contributed by atoms with van der Waals surface area (Å²) in [6.45, 7) is 5.17. The third-order valence-electron chi connectivity index (χ3n) is 4.26. The van der Waals surface area contributed by atoms with Gasteiger partial charge >= 0.3 is 0 Å². The van der Waals surface area contributed by atoms with Crippen LogP contribution < -0.4 is 5.32 Å². The molecule has 0 aliphatic heterocycles. The molecule has 1 aromatic heterocycles. The van der Waals surface area contributed by atoms with Gasteiger partial charge in [-0.05, 0) is 49.9 Å². The molecule has 124 valence electrons. The van der Waals surface area contributed by atoms with E-state index in [1.165, 1.54) is 21.7 Å². The molecule has 3 aromatic rings. The molecule has 4 heteroatoms. The number of nitrogens with one attached hydrogen (secondary N) is 1. The third-order valence-corrected chi connectivity index (χ3v) is 4.99. The summed E-state index contributed by atoms with van der Waals surface area (Å²) in [5, 5.41) is 8.17. The third kappa shape index (κ3) is 3.71. The zero-order chi connectivity index (χ0) is 16.9. The van der Waals surface area contributed by atoms with Crippen molar-refractivity contribution in [1.82, 2.24) is 15.1 Å². The van der Waals surface area contributed by atoms with E-state index < -0.39 is 0 Å². The van der Waals surface area contributed by atoms with Crippen molar-refractivity contribution < 1.29 is 0 Å². The quantitative estimate of drug-likeness (QED) is 0.658. The zero-order valence-corrected chi connectivity index (χ0v) is 15.2. The molecule has 0 unspecified atom stereocenters. The lowest BCUT2D eigenvalue weighted by Gasteiger charge is -2.14. The van der Waals surface area contributed by atoms with Gasteiger partial charge in [0.1, 0.15) is 0 Å². The molecule has 24 heavy (non-hydrogen) atoms. The van der Waals surface area contributed by atoms with Gasteiger partial charge in [-0.15, -0.1) is 11.8 Å². The average molecular weight is 337 g/mol. The molecular formula is C20H23N3S. The van der Waals surface area contributed by atoms with Crippen molar-refractivity contribution in [1.29, 1.82) is 0 Å². The van der Waals surface area contributed by atoms with Gasteiger partial charge in [0.25, 0.3) is 0 Å². The molecule has 0 saturated carbocycles. The van der Waals surface area contributed by atoms with E-state index in [9.17, 15) is 0 Å². The van der Waals surface area contributed by atoms with Crippen molar-refractivity contribution in [3.63, 3.8) is 0 Å². The summed E-state index contributed by atoms with van der Waals surface area (Å²) in [6.07, 6.45) is 4.08. The van der Waals surface area contributed by atoms with E-state index in [1.807, 2.05) is 29.1 Å². The van der Waals surface area contributed by atoms with Gasteiger partial charge in [0.05, 0.1) is 11.9 Å². The van der Waals surface area contributed by atoms with E-state index in [-0.39, 0.29) is 6.04 Å². The molecule has 0 bridgehead atoms. The van der Waals surface area contributed by atoms with Crippen LogP contribution in [0.2, 0.25) is 0 Å². The van der Waals surface area contributed by atoms with Crippen molar-refractivity contribution in [3.8, 4) is 5.69 Å². The van der Waals surface area contributed by atoms with Crippen LogP contribution in [-0.4, -0.2) is 16.0 Å². The van der Waals surface area contributed by atoms with Crippen LogP contribution in [0.25, 0.3) is 5.69 Å². The van der Waals surface area contributed by atoms with Crippen molar-refractivity contribution >= 4 is 11.8 Å². The molecule has 2 aromatic carbocycles. The molecule has 0 aliphatic rings. The summed E-state index contributed by atoms with van der Waals surface area (Å²) in [4.78, 5) is 1.30. The van der Waals surface area contributed by atoms with Crippen LogP contribution in [0.4, 0.5) is 0 Å². The fourth-order valence-corrected chi connectivity index (χ4v) is 3.32. The van der Waals surface area contributed by atoms with Gasteiger partial charge in [-0.1, -0.05) is 30.3 Å². The average Bonchev–Trinajstić information content (AvgIpc) is 3.02. The summed E-state index contributed by atoms with van der Waals surface area (Å²) >= 11 is 1.78. The highest BCUT2D eigenvalue weighted by Gasteiger charge is 2.13. The number of thioether (sulfide) groups is 1. The Morgan fingerprint density at radius 1 is 1.12 bits per heavy atom. The highest BCUT2D eigenvalue weighted by molar-refractivity contribution is 7.98. The largest absolute Gasteiger partial charge is 0.306 e. The van der Waals surface area contributed by atoms with Crippen molar-refractivity contribution in [2.45, 2.75) is 31.3 Å². The topological polar surface area (TPSA) is 29.9 Å². The number of rotatable bonds is 6. The van der Waals surface area contributed by atoms with Crippen molar-refractivity contribution in [2.75, 3.05) is 6.26 Å². The van der Waals surface area contributed by atoms with Gasteiger partial charge in [-0.2, -0.15) is 5.10 Å². The number of hydrogen-bond donors (Lipinski definition) is 1. The SMILES string of the molecule is CSc1cccc(CN[C@@H](C)c2cnn(-c3ccccc3)c2C)c1. The minimum atomic E-state index is 0.250. The van der Waals surface area contributed by atoms with Crippen LogP contribution in [-0.2, 0) is 6.54 Å². The van der Waals surface area contributed by atoms with Gasteiger partial charge in [0.2, 0.25) is 0 Å². The minimum Gasteiger partial charge on any atom is -0.306 e. The fraction of sp³-hybridized carbons (Fsp3) is 0.250. The molecule has 1 atom stereocenters. The molecule has 1 heterocycles. The second-order valence-electron chi connectivity index (χ2n) is 5.89. The molecule has 0 amide bonds. The summed E-state index contributed by atoms with van der Waals surface area (Å²) in [7, 11) is 0. The Balaban J connectivity index is 1.71. The normalized spacial score (nSPS) is 12.3. The van der Waals surface area contributed by atoms with Crippen LogP contribution in [0.5, 0.6) is 0 Å². The number of aromatic nitrogens is 2. The summed E-state index contributed by atoms with van der Waals surface area (Å²) in [5.74, 6) is 0. The van der Waals surface area contributed by atoms with Crippen LogP contribution in [0.3, 0.4) is 0 Å². The Hall–Kier alpha value is -2.04. The lowest BCUT2D eigenvalue weighted by atomic mass is 10.1. The number of hydrogen-bond acceptors (Lipinski definition) is 3. The van der Waals surface area contributed by atoms with Gasteiger partial charge in [0.15, 0.2) is 0 Å².